The van der Waals surface area contributed by atoms with E-state index in [4.69, 9.17) is 4.99 Å². The molecule has 0 spiro atoms. The van der Waals surface area contributed by atoms with Gasteiger partial charge in [-0.3, -0.25) is 0 Å². The molecule has 0 amide bonds. The Morgan fingerprint density at radius 3 is 1.24 bits per heavy atom. The van der Waals surface area contributed by atoms with Gasteiger partial charge in [-0.2, -0.15) is 0 Å². The maximum Gasteiger partial charge on any atom is 0.0637 e. The van der Waals surface area contributed by atoms with Gasteiger partial charge in [0, 0.05) is 22.7 Å². The van der Waals surface area contributed by atoms with E-state index in [-0.39, 0.29) is 12.4 Å². The van der Waals surface area contributed by atoms with Crippen LogP contribution in [0.2, 0.25) is 0 Å². The Morgan fingerprint density at radius 1 is 0.415 bits per heavy atom. The highest BCUT2D eigenvalue weighted by molar-refractivity contribution is 6.08. The number of halogens is 1. The zero-order valence-corrected chi connectivity index (χ0v) is 23.2. The minimum absolute atomic E-state index is 0. The summed E-state index contributed by atoms with van der Waals surface area (Å²) in [5.74, 6) is 0. The van der Waals surface area contributed by atoms with Crippen LogP contribution in [0.15, 0.2) is 174 Å². The molecule has 5 aromatic carbocycles. The normalized spacial score (nSPS) is 11.9. The summed E-state index contributed by atoms with van der Waals surface area (Å²) in [5, 5.41) is 6.96. The number of rotatable bonds is 7. The molecule has 1 aliphatic rings. The predicted molar refractivity (Wildman–Crippen MR) is 170 cm³/mol. The smallest absolute Gasteiger partial charge is 0.0637 e. The van der Waals surface area contributed by atoms with Crippen LogP contribution in [0.1, 0.15) is 11.1 Å². The van der Waals surface area contributed by atoms with Gasteiger partial charge in [-0.25, -0.2) is 4.99 Å². The SMILES string of the molecule is C1=CC(=C(c2ccc(Nc3ccccc3)cc2)c2ccc(Nc3ccccc3)cc2)C=CC1=Nc1ccccc1.[Cl-]. The molecule has 2 N–H and O–H groups in total. The first-order valence-electron chi connectivity index (χ1n) is 13.4. The van der Waals surface area contributed by atoms with Crippen molar-refractivity contribution in [2.75, 3.05) is 10.6 Å². The minimum Gasteiger partial charge on any atom is -1.00 e. The van der Waals surface area contributed by atoms with Gasteiger partial charge >= 0.3 is 0 Å². The summed E-state index contributed by atoms with van der Waals surface area (Å²) in [5.41, 5.74) is 10.7. The van der Waals surface area contributed by atoms with Crippen molar-refractivity contribution in [3.05, 3.63) is 181 Å². The molecule has 0 radical (unpaired) electrons. The zero-order valence-electron chi connectivity index (χ0n) is 22.4. The van der Waals surface area contributed by atoms with Crippen molar-refractivity contribution < 1.29 is 12.4 Å². The lowest BCUT2D eigenvalue weighted by Gasteiger charge is -2.16. The summed E-state index contributed by atoms with van der Waals surface area (Å²) >= 11 is 0. The second-order valence-electron chi connectivity index (χ2n) is 9.51. The van der Waals surface area contributed by atoms with E-state index < -0.39 is 0 Å². The van der Waals surface area contributed by atoms with Crippen molar-refractivity contribution in [2.24, 2.45) is 4.99 Å². The van der Waals surface area contributed by atoms with Crippen molar-refractivity contribution in [2.45, 2.75) is 0 Å². The topological polar surface area (TPSA) is 36.4 Å². The quantitative estimate of drug-likeness (QED) is 0.232. The van der Waals surface area contributed by atoms with Gasteiger partial charge in [0.15, 0.2) is 0 Å². The van der Waals surface area contributed by atoms with E-state index in [9.17, 15) is 0 Å². The zero-order chi connectivity index (χ0) is 27.0. The highest BCUT2D eigenvalue weighted by atomic mass is 35.5. The number of para-hydroxylation sites is 3. The summed E-state index contributed by atoms with van der Waals surface area (Å²) in [6.45, 7) is 0. The predicted octanol–water partition coefficient (Wildman–Crippen LogP) is 6.88. The first-order chi connectivity index (χ1) is 19.8. The van der Waals surface area contributed by atoms with E-state index in [2.05, 4.69) is 108 Å². The van der Waals surface area contributed by atoms with Crippen LogP contribution in [-0.4, -0.2) is 5.71 Å². The average Bonchev–Trinajstić information content (AvgIpc) is 3.01. The van der Waals surface area contributed by atoms with Crippen LogP contribution in [0.25, 0.3) is 5.57 Å². The van der Waals surface area contributed by atoms with Gasteiger partial charge in [0.1, 0.15) is 0 Å². The summed E-state index contributed by atoms with van der Waals surface area (Å²) < 4.78 is 0. The lowest BCUT2D eigenvalue weighted by molar-refractivity contribution is -0.00000766. The monoisotopic (exact) mass is 550 g/mol. The third-order valence-electron chi connectivity index (χ3n) is 6.64. The molecule has 0 atom stereocenters. The standard InChI is InChI=1S/C37H29N3.ClH/c1-4-10-31(11-5-1)38-34-22-16-28(17-23-34)37(29-18-24-35(25-19-29)39-32-12-6-2-7-13-32)30-20-26-36(27-21-30)40-33-14-8-3-9-15-33;/h1-27,38-39H;1H/p-1. The molecule has 0 bridgehead atoms. The highest BCUT2D eigenvalue weighted by Crippen LogP contribution is 2.32. The fourth-order valence-electron chi connectivity index (χ4n) is 4.67. The lowest BCUT2D eigenvalue weighted by Crippen LogP contribution is -3.00. The van der Waals surface area contributed by atoms with E-state index in [0.717, 1.165) is 50.8 Å². The number of aliphatic imine (C=N–C) groups is 1. The van der Waals surface area contributed by atoms with Crippen LogP contribution in [0.5, 0.6) is 0 Å². The van der Waals surface area contributed by atoms with Gasteiger partial charge < -0.3 is 23.0 Å². The van der Waals surface area contributed by atoms with Gasteiger partial charge in [0.2, 0.25) is 0 Å². The summed E-state index contributed by atoms with van der Waals surface area (Å²) in [4.78, 5) is 4.76. The molecule has 0 saturated carbocycles. The fourth-order valence-corrected chi connectivity index (χ4v) is 4.67. The number of hydrogen-bond acceptors (Lipinski definition) is 3. The molecule has 0 saturated heterocycles. The highest BCUT2D eigenvalue weighted by Gasteiger charge is 2.12. The molecular weight excluding hydrogens is 522 g/mol. The number of benzene rings is 5. The summed E-state index contributed by atoms with van der Waals surface area (Å²) in [7, 11) is 0. The van der Waals surface area contributed by atoms with E-state index in [1.54, 1.807) is 0 Å². The molecule has 5 aromatic rings. The molecule has 4 heteroatoms. The average molecular weight is 551 g/mol. The molecule has 0 aliphatic heterocycles. The van der Waals surface area contributed by atoms with Crippen LogP contribution in [0.3, 0.4) is 0 Å². The Bertz CT molecular complexity index is 1580. The van der Waals surface area contributed by atoms with Crippen LogP contribution in [0, 0.1) is 0 Å². The molecule has 6 rings (SSSR count). The van der Waals surface area contributed by atoms with E-state index in [1.807, 2.05) is 66.7 Å². The molecule has 200 valence electrons. The first-order valence-corrected chi connectivity index (χ1v) is 13.4. The molecule has 41 heavy (non-hydrogen) atoms. The van der Waals surface area contributed by atoms with Gasteiger partial charge in [0.25, 0.3) is 0 Å². The third-order valence-corrected chi connectivity index (χ3v) is 6.64. The largest absolute Gasteiger partial charge is 1.00 e. The Morgan fingerprint density at radius 2 is 0.805 bits per heavy atom. The van der Waals surface area contributed by atoms with Gasteiger partial charge in [-0.1, -0.05) is 91.0 Å². The van der Waals surface area contributed by atoms with Crippen LogP contribution in [-0.2, 0) is 0 Å². The maximum atomic E-state index is 4.76. The Labute approximate surface area is 247 Å². The van der Waals surface area contributed by atoms with E-state index in [0.29, 0.717) is 0 Å². The molecule has 0 heterocycles. The number of nitrogens with one attached hydrogen (secondary N) is 2. The van der Waals surface area contributed by atoms with Crippen LogP contribution >= 0.6 is 0 Å². The molecule has 0 unspecified atom stereocenters. The number of allylic oxidation sites excluding steroid dienone is 5. The summed E-state index contributed by atoms with van der Waals surface area (Å²) in [6.07, 6.45) is 8.48. The fraction of sp³-hybridized carbons (Fsp3) is 0. The Hall–Kier alpha value is -5.12. The van der Waals surface area contributed by atoms with Gasteiger partial charge in [0.05, 0.1) is 11.4 Å². The second kappa shape index (κ2) is 13.3. The summed E-state index contributed by atoms with van der Waals surface area (Å²) in [6, 6.07) is 47.7. The van der Waals surface area contributed by atoms with E-state index >= 15 is 0 Å². The van der Waals surface area contributed by atoms with Crippen molar-refractivity contribution in [1.29, 1.82) is 0 Å². The van der Waals surface area contributed by atoms with E-state index in [1.165, 1.54) is 5.57 Å². The van der Waals surface area contributed by atoms with Gasteiger partial charge in [-0.05, 0) is 95.1 Å². The van der Waals surface area contributed by atoms with Crippen molar-refractivity contribution in [3.63, 3.8) is 0 Å². The molecule has 1 aliphatic carbocycles. The first kappa shape index (κ1) is 27.4. The Kier molecular flexibility index (Phi) is 8.90. The van der Waals surface area contributed by atoms with Gasteiger partial charge in [-0.15, -0.1) is 0 Å². The third kappa shape index (κ3) is 7.10. The lowest BCUT2D eigenvalue weighted by atomic mass is 9.90. The number of anilines is 4. The molecular formula is C37H29ClN3-. The van der Waals surface area contributed by atoms with Crippen LogP contribution in [0.4, 0.5) is 28.4 Å². The van der Waals surface area contributed by atoms with Crippen molar-refractivity contribution in [1.82, 2.24) is 0 Å². The molecule has 0 fully saturated rings. The maximum absolute atomic E-state index is 4.76. The Balaban J connectivity index is 0.00000337. The van der Waals surface area contributed by atoms with Crippen molar-refractivity contribution in [3.8, 4) is 0 Å². The number of nitrogens with zero attached hydrogens (tertiary/aromatic N) is 1. The molecule has 3 nitrogen and oxygen atoms in total. The molecule has 0 aromatic heterocycles. The number of hydrogen-bond donors (Lipinski definition) is 2. The minimum atomic E-state index is 0. The van der Waals surface area contributed by atoms with Crippen LogP contribution < -0.4 is 23.0 Å². The van der Waals surface area contributed by atoms with Crippen molar-refractivity contribution >= 4 is 39.7 Å². The second-order valence-corrected chi connectivity index (χ2v) is 9.51.